The normalized spacial score (nSPS) is 13.8. The molecule has 5 rings (SSSR count). The van der Waals surface area contributed by atoms with E-state index in [9.17, 15) is 0 Å². The van der Waals surface area contributed by atoms with Gasteiger partial charge in [-0.15, -0.1) is 0 Å². The monoisotopic (exact) mass is 925 g/mol. The Morgan fingerprint density at radius 2 is 0.836 bits per heavy atom. The van der Waals surface area contributed by atoms with E-state index >= 15 is 0 Å². The first-order valence-electron chi connectivity index (χ1n) is 22.2. The summed E-state index contributed by atoms with van der Waals surface area (Å²) >= 11 is 0. The van der Waals surface area contributed by atoms with Crippen LogP contribution in [0.3, 0.4) is 0 Å². The van der Waals surface area contributed by atoms with Crippen LogP contribution in [0.25, 0.3) is 10.6 Å². The van der Waals surface area contributed by atoms with Crippen molar-refractivity contribution in [3.05, 3.63) is 135 Å². The van der Waals surface area contributed by atoms with Crippen LogP contribution >= 0.6 is 0 Å². The van der Waals surface area contributed by atoms with Crippen molar-refractivity contribution in [3.63, 3.8) is 0 Å². The van der Waals surface area contributed by atoms with Gasteiger partial charge in [-0.2, -0.15) is 0 Å². The third-order valence-electron chi connectivity index (χ3n) is 9.62. The third kappa shape index (κ3) is 22.4. The van der Waals surface area contributed by atoms with Crippen LogP contribution in [-0.4, -0.2) is 29.6 Å². The summed E-state index contributed by atoms with van der Waals surface area (Å²) in [5.74, 6) is 2.81. The molecule has 8 heteroatoms. The van der Waals surface area contributed by atoms with Crippen LogP contribution in [0.5, 0.6) is 0 Å². The van der Waals surface area contributed by atoms with Crippen molar-refractivity contribution in [2.24, 2.45) is 9.98 Å². The van der Waals surface area contributed by atoms with Crippen LogP contribution in [0.15, 0.2) is 112 Å². The van der Waals surface area contributed by atoms with Gasteiger partial charge >= 0.3 is 34.1 Å². The molecule has 0 aliphatic heterocycles. The molecule has 1 aromatic heterocycles. The van der Waals surface area contributed by atoms with Crippen molar-refractivity contribution in [2.45, 2.75) is 159 Å². The molecule has 0 saturated heterocycles. The Morgan fingerprint density at radius 1 is 0.541 bits per heavy atom. The second kappa shape index (κ2) is 32.2. The first-order valence-corrected chi connectivity index (χ1v) is 22.2. The largest absolute Gasteiger partial charge is 1.00 e. The van der Waals surface area contributed by atoms with Crippen molar-refractivity contribution in [1.82, 2.24) is 4.98 Å². The molecule has 342 valence electrons. The molecule has 0 unspecified atom stereocenters. The van der Waals surface area contributed by atoms with E-state index in [0.717, 1.165) is 47.4 Å². The zero-order chi connectivity index (χ0) is 43.7. The summed E-state index contributed by atoms with van der Waals surface area (Å²) in [5.41, 5.74) is 10.7. The second-order valence-electron chi connectivity index (χ2n) is 16.4. The average Bonchev–Trinajstić information content (AvgIpc) is 3.96. The minimum Gasteiger partial charge on any atom is -0.440 e. The number of allylic oxidation sites excluding steroid dienone is 8. The van der Waals surface area contributed by atoms with Crippen molar-refractivity contribution in [3.8, 4) is 0 Å². The summed E-state index contributed by atoms with van der Waals surface area (Å²) in [7, 11) is 0. The molecule has 0 saturated carbocycles. The Kier molecular flexibility index (Phi) is 30.4. The summed E-state index contributed by atoms with van der Waals surface area (Å²) in [6.45, 7) is 31.4. The maximum atomic E-state index is 5.05. The molecular formula is C53H77Cu2N5O. The van der Waals surface area contributed by atoms with Crippen LogP contribution in [0.1, 0.15) is 181 Å². The average molecular weight is 927 g/mol. The summed E-state index contributed by atoms with van der Waals surface area (Å²) in [4.78, 5) is 14.8. The summed E-state index contributed by atoms with van der Waals surface area (Å²) in [5, 5.41) is 9.52. The van der Waals surface area contributed by atoms with Crippen LogP contribution in [-0.2, 0) is 38.9 Å². The minimum absolute atomic E-state index is 0. The standard InChI is InChI=1S/C39H51N5.2C5H8.C4H10O.2Cu/c1-24(2)32-16-13-17-33(25(3)4)38(32)42-30(11)22-28(9)40-36-20-15-21-37(44-36)41-29(10)23-31(12)43-39-34(26(5)6)18-14-19-35(39)27(7)8;2*1-2-4-5-3-1;1-3-5-4-2;;/h13-27H,1-12H3;2*1-2H,3-5H2;3-4H2,1-2H3;;/q-2;;;;2*+1/b28-22-,29-23-,42-30?,43-31?;;;;;. The number of para-hydroxylation sites is 2. The molecule has 0 radical (unpaired) electrons. The van der Waals surface area contributed by atoms with Crippen LogP contribution < -0.4 is 0 Å². The summed E-state index contributed by atoms with van der Waals surface area (Å²) < 4.78 is 4.83. The molecule has 6 nitrogen and oxygen atoms in total. The van der Waals surface area contributed by atoms with Gasteiger partial charge in [0.25, 0.3) is 0 Å². The summed E-state index contributed by atoms with van der Waals surface area (Å²) in [6, 6.07) is 18.7. The van der Waals surface area contributed by atoms with Gasteiger partial charge in [-0.25, -0.2) is 0 Å². The van der Waals surface area contributed by atoms with E-state index in [1.54, 1.807) is 0 Å². The van der Waals surface area contributed by atoms with Crippen LogP contribution in [0.4, 0.5) is 23.0 Å². The summed E-state index contributed by atoms with van der Waals surface area (Å²) in [6.07, 6.45) is 21.0. The number of nitrogens with zero attached hydrogens (tertiary/aromatic N) is 5. The molecule has 0 atom stereocenters. The molecule has 2 aliphatic carbocycles. The number of hydrogen-bond donors (Lipinski definition) is 0. The van der Waals surface area contributed by atoms with Gasteiger partial charge in [0.05, 0.1) is 11.4 Å². The first kappa shape index (κ1) is 57.5. The Labute approximate surface area is 393 Å². The molecule has 0 bridgehead atoms. The molecular weight excluding hydrogens is 850 g/mol. The Balaban J connectivity index is 0.00000177. The molecule has 61 heavy (non-hydrogen) atoms. The number of aliphatic imine (C=N–C) groups is 2. The van der Waals surface area contributed by atoms with Crippen molar-refractivity contribution >= 4 is 34.4 Å². The number of rotatable bonds is 14. The fourth-order valence-electron chi connectivity index (χ4n) is 6.65. The third-order valence-corrected chi connectivity index (χ3v) is 9.62. The van der Waals surface area contributed by atoms with Crippen molar-refractivity contribution < 1.29 is 38.9 Å². The van der Waals surface area contributed by atoms with Crippen LogP contribution in [0, 0.1) is 0 Å². The van der Waals surface area contributed by atoms with Crippen LogP contribution in [0.2, 0.25) is 0 Å². The molecule has 0 fully saturated rings. The van der Waals surface area contributed by atoms with E-state index in [1.165, 1.54) is 60.8 Å². The zero-order valence-corrected chi connectivity index (χ0v) is 41.8. The smallest absolute Gasteiger partial charge is 0.440 e. The zero-order valence-electron chi connectivity index (χ0n) is 39.9. The molecule has 1 heterocycles. The Bertz CT molecular complexity index is 1690. The van der Waals surface area contributed by atoms with Crippen molar-refractivity contribution in [1.29, 1.82) is 0 Å². The molecule has 0 spiro atoms. The molecule has 0 N–H and O–H groups in total. The van der Waals surface area contributed by atoms with E-state index in [0.29, 0.717) is 35.3 Å². The van der Waals surface area contributed by atoms with Gasteiger partial charge in [0.1, 0.15) is 0 Å². The van der Waals surface area contributed by atoms with Crippen molar-refractivity contribution in [2.75, 3.05) is 13.2 Å². The molecule has 3 aromatic rings. The maximum Gasteiger partial charge on any atom is 1.00 e. The fraction of sp³-hybridized carbons (Fsp3) is 0.491. The van der Waals surface area contributed by atoms with E-state index in [2.05, 4.69) is 121 Å². The fourth-order valence-corrected chi connectivity index (χ4v) is 6.65. The number of hydrogen-bond acceptors (Lipinski definition) is 4. The van der Waals surface area contributed by atoms with Gasteiger partial charge < -0.3 is 20.4 Å². The van der Waals surface area contributed by atoms with Gasteiger partial charge in [0.15, 0.2) is 0 Å². The van der Waals surface area contributed by atoms with Gasteiger partial charge in [0, 0.05) is 24.6 Å². The van der Waals surface area contributed by atoms with Gasteiger partial charge in [-0.05, 0) is 138 Å². The Hall–Kier alpha value is -3.51. The predicted molar refractivity (Wildman–Crippen MR) is 261 cm³/mol. The SMILES string of the molecule is C1=CCCC1.C1=CCCC1.CC(/C=C(/C)[N-]c1cccc([N-]/C(C)=C\C(C)=Nc2c(C(C)C)cccc2C(C)C)n1)=Nc1c(C(C)C)cccc1C(C)C.CCOCC.[Cu+].[Cu+]. The number of benzene rings is 2. The Morgan fingerprint density at radius 3 is 1.07 bits per heavy atom. The number of pyridine rings is 1. The number of ether oxygens (including phenoxy) is 1. The van der Waals surface area contributed by atoms with Gasteiger partial charge in [-0.3, -0.25) is 9.98 Å². The van der Waals surface area contributed by atoms with E-state index < -0.39 is 0 Å². The van der Waals surface area contributed by atoms with Gasteiger partial charge in [0.2, 0.25) is 0 Å². The maximum absolute atomic E-state index is 5.05. The minimum atomic E-state index is 0. The molecule has 2 aliphatic rings. The first-order chi connectivity index (χ1) is 28.2. The van der Waals surface area contributed by atoms with Gasteiger partial charge in [-0.1, -0.05) is 157 Å². The predicted octanol–water partition coefficient (Wildman–Crippen LogP) is 17.5. The second-order valence-corrected chi connectivity index (χ2v) is 16.4. The van der Waals surface area contributed by atoms with E-state index in [-0.39, 0.29) is 34.1 Å². The molecule has 0 amide bonds. The number of aromatic nitrogens is 1. The van der Waals surface area contributed by atoms with E-state index in [1.807, 2.05) is 71.9 Å². The topological polar surface area (TPSA) is 75.0 Å². The molecule has 2 aromatic carbocycles. The van der Waals surface area contributed by atoms with E-state index in [4.69, 9.17) is 25.4 Å². The quantitative estimate of drug-likeness (QED) is 0.0917.